The molecule has 0 radical (unpaired) electrons. The maximum Gasteiger partial charge on any atom is 0.274 e. The van der Waals surface area contributed by atoms with Crippen molar-refractivity contribution in [3.63, 3.8) is 0 Å². The zero-order valence-electron chi connectivity index (χ0n) is 14.3. The molecule has 132 valence electrons. The minimum atomic E-state index is -0.403. The Hall–Kier alpha value is -3.48. The summed E-state index contributed by atoms with van der Waals surface area (Å²) in [6.07, 6.45) is 0. The van der Waals surface area contributed by atoms with E-state index in [1.165, 1.54) is 24.3 Å². The third-order valence-electron chi connectivity index (χ3n) is 3.54. The van der Waals surface area contributed by atoms with Crippen molar-refractivity contribution >= 4 is 23.2 Å². The predicted octanol–water partition coefficient (Wildman–Crippen LogP) is 3.93. The fraction of sp³-hybridized carbons (Fsp3) is 0.105. The number of carbonyl (C=O) groups is 1. The van der Waals surface area contributed by atoms with E-state index in [4.69, 9.17) is 4.74 Å². The number of aryl methyl sites for hydroxylation is 1. The molecule has 6 nitrogen and oxygen atoms in total. The van der Waals surface area contributed by atoms with E-state index in [-0.39, 0.29) is 11.5 Å². The lowest BCUT2D eigenvalue weighted by Crippen LogP contribution is -2.15. The highest BCUT2D eigenvalue weighted by atomic mass is 19.1. The summed E-state index contributed by atoms with van der Waals surface area (Å²) in [4.78, 5) is 20.9. The van der Waals surface area contributed by atoms with Gasteiger partial charge >= 0.3 is 0 Å². The SMILES string of the molecule is COc1ccc(Nc2nc(C)cc(C(=O)Nc3ccc(F)cc3)n2)cc1. The highest BCUT2D eigenvalue weighted by molar-refractivity contribution is 6.03. The largest absolute Gasteiger partial charge is 0.497 e. The fourth-order valence-electron chi connectivity index (χ4n) is 2.27. The Kier molecular flexibility index (Phi) is 5.07. The molecule has 2 aromatic carbocycles. The Morgan fingerprint density at radius 3 is 2.31 bits per heavy atom. The molecule has 0 saturated carbocycles. The van der Waals surface area contributed by atoms with Gasteiger partial charge in [-0.05, 0) is 61.5 Å². The van der Waals surface area contributed by atoms with Gasteiger partial charge in [-0.25, -0.2) is 14.4 Å². The summed E-state index contributed by atoms with van der Waals surface area (Å²) in [5, 5.41) is 5.73. The molecule has 0 saturated heterocycles. The number of hydrogen-bond acceptors (Lipinski definition) is 5. The van der Waals surface area contributed by atoms with Crippen LogP contribution in [0.5, 0.6) is 5.75 Å². The summed E-state index contributed by atoms with van der Waals surface area (Å²) >= 11 is 0. The van der Waals surface area contributed by atoms with Crippen LogP contribution in [0.15, 0.2) is 54.6 Å². The Morgan fingerprint density at radius 2 is 1.65 bits per heavy atom. The first-order valence-electron chi connectivity index (χ1n) is 7.87. The van der Waals surface area contributed by atoms with E-state index in [9.17, 15) is 9.18 Å². The van der Waals surface area contributed by atoms with E-state index >= 15 is 0 Å². The maximum absolute atomic E-state index is 13.0. The molecule has 26 heavy (non-hydrogen) atoms. The first-order chi connectivity index (χ1) is 12.5. The molecule has 0 unspecified atom stereocenters. The number of nitrogens with one attached hydrogen (secondary N) is 2. The van der Waals surface area contributed by atoms with Crippen LogP contribution in [0.4, 0.5) is 21.7 Å². The number of nitrogens with zero attached hydrogens (tertiary/aromatic N) is 2. The van der Waals surface area contributed by atoms with Crippen LogP contribution < -0.4 is 15.4 Å². The summed E-state index contributed by atoms with van der Waals surface area (Å²) in [5.74, 6) is 0.270. The maximum atomic E-state index is 13.0. The van der Waals surface area contributed by atoms with Crippen molar-refractivity contribution in [3.8, 4) is 5.75 Å². The second kappa shape index (κ2) is 7.60. The minimum absolute atomic E-state index is 0.206. The van der Waals surface area contributed by atoms with E-state index < -0.39 is 5.91 Å². The van der Waals surface area contributed by atoms with Gasteiger partial charge in [-0.1, -0.05) is 0 Å². The van der Waals surface area contributed by atoms with Gasteiger partial charge in [0, 0.05) is 17.1 Å². The van der Waals surface area contributed by atoms with Crippen LogP contribution in [0.1, 0.15) is 16.2 Å². The molecule has 0 spiro atoms. The molecule has 2 N–H and O–H groups in total. The van der Waals surface area contributed by atoms with Crippen LogP contribution in [0.3, 0.4) is 0 Å². The molecule has 0 bridgehead atoms. The van der Waals surface area contributed by atoms with Crippen molar-refractivity contribution in [1.29, 1.82) is 0 Å². The standard InChI is InChI=1S/C19H17FN4O2/c1-12-11-17(18(25)22-14-5-3-13(20)4-6-14)24-19(21-12)23-15-7-9-16(26-2)10-8-15/h3-11H,1-2H3,(H,22,25)(H,21,23,24). The summed E-state index contributed by atoms with van der Waals surface area (Å²) in [6, 6.07) is 14.4. The highest BCUT2D eigenvalue weighted by Gasteiger charge is 2.11. The Balaban J connectivity index is 1.77. The number of ether oxygens (including phenoxy) is 1. The van der Waals surface area contributed by atoms with Crippen molar-refractivity contribution in [2.75, 3.05) is 17.7 Å². The number of anilines is 3. The Morgan fingerprint density at radius 1 is 1.00 bits per heavy atom. The predicted molar refractivity (Wildman–Crippen MR) is 97.4 cm³/mol. The van der Waals surface area contributed by atoms with Gasteiger partial charge in [0.2, 0.25) is 5.95 Å². The van der Waals surface area contributed by atoms with Crippen molar-refractivity contribution in [2.24, 2.45) is 0 Å². The van der Waals surface area contributed by atoms with Crippen LogP contribution >= 0.6 is 0 Å². The molecule has 1 heterocycles. The van der Waals surface area contributed by atoms with E-state index in [0.717, 1.165) is 11.4 Å². The van der Waals surface area contributed by atoms with E-state index in [0.29, 0.717) is 17.3 Å². The van der Waals surface area contributed by atoms with Crippen LogP contribution in [-0.4, -0.2) is 23.0 Å². The second-order valence-electron chi connectivity index (χ2n) is 5.53. The van der Waals surface area contributed by atoms with Gasteiger partial charge in [0.1, 0.15) is 17.3 Å². The van der Waals surface area contributed by atoms with Gasteiger partial charge in [0.25, 0.3) is 5.91 Å². The molecule has 3 rings (SSSR count). The van der Waals surface area contributed by atoms with Gasteiger partial charge in [0.15, 0.2) is 0 Å². The lowest BCUT2D eigenvalue weighted by atomic mass is 10.2. The zero-order chi connectivity index (χ0) is 18.5. The average molecular weight is 352 g/mol. The number of amides is 1. The van der Waals surface area contributed by atoms with Crippen molar-refractivity contribution in [2.45, 2.75) is 6.92 Å². The van der Waals surface area contributed by atoms with Crippen LogP contribution in [-0.2, 0) is 0 Å². The monoisotopic (exact) mass is 352 g/mol. The zero-order valence-corrected chi connectivity index (χ0v) is 14.3. The van der Waals surface area contributed by atoms with Gasteiger partial charge in [-0.2, -0.15) is 0 Å². The van der Waals surface area contributed by atoms with Crippen LogP contribution in [0, 0.1) is 12.7 Å². The van der Waals surface area contributed by atoms with Crippen LogP contribution in [0.25, 0.3) is 0 Å². The molecule has 0 atom stereocenters. The quantitative estimate of drug-likeness (QED) is 0.728. The first-order valence-corrected chi connectivity index (χ1v) is 7.87. The average Bonchev–Trinajstić information content (AvgIpc) is 2.64. The number of benzene rings is 2. The number of hydrogen-bond donors (Lipinski definition) is 2. The molecular weight excluding hydrogens is 335 g/mol. The van der Waals surface area contributed by atoms with Gasteiger partial charge in [-0.3, -0.25) is 4.79 Å². The number of halogens is 1. The fourth-order valence-corrected chi connectivity index (χ4v) is 2.27. The van der Waals surface area contributed by atoms with Gasteiger partial charge in [-0.15, -0.1) is 0 Å². The molecule has 3 aromatic rings. The molecular formula is C19H17FN4O2. The van der Waals surface area contributed by atoms with E-state index in [2.05, 4.69) is 20.6 Å². The van der Waals surface area contributed by atoms with Crippen molar-refractivity contribution < 1.29 is 13.9 Å². The number of aromatic nitrogens is 2. The molecule has 1 amide bonds. The van der Waals surface area contributed by atoms with Crippen LogP contribution in [0.2, 0.25) is 0 Å². The summed E-state index contributed by atoms with van der Waals surface area (Å²) < 4.78 is 18.1. The first kappa shape index (κ1) is 17.3. The van der Waals surface area contributed by atoms with Crippen molar-refractivity contribution in [1.82, 2.24) is 9.97 Å². The highest BCUT2D eigenvalue weighted by Crippen LogP contribution is 2.18. The number of carbonyl (C=O) groups excluding carboxylic acids is 1. The van der Waals surface area contributed by atoms with Crippen molar-refractivity contribution in [3.05, 3.63) is 71.8 Å². The molecule has 0 aliphatic heterocycles. The Bertz CT molecular complexity index is 912. The normalized spacial score (nSPS) is 10.3. The molecule has 7 heteroatoms. The summed E-state index contributed by atoms with van der Waals surface area (Å²) in [7, 11) is 1.60. The lowest BCUT2D eigenvalue weighted by molar-refractivity contribution is 0.102. The topological polar surface area (TPSA) is 76.1 Å². The molecule has 0 fully saturated rings. The summed E-state index contributed by atoms with van der Waals surface area (Å²) in [6.45, 7) is 1.77. The Labute approximate surface area is 150 Å². The molecule has 0 aliphatic carbocycles. The summed E-state index contributed by atoms with van der Waals surface area (Å²) in [5.41, 5.74) is 2.09. The number of methoxy groups -OCH3 is 1. The lowest BCUT2D eigenvalue weighted by Gasteiger charge is -2.09. The van der Waals surface area contributed by atoms with Gasteiger partial charge < -0.3 is 15.4 Å². The minimum Gasteiger partial charge on any atom is -0.497 e. The smallest absolute Gasteiger partial charge is 0.274 e. The molecule has 1 aromatic heterocycles. The second-order valence-corrected chi connectivity index (χ2v) is 5.53. The third kappa shape index (κ3) is 4.32. The van der Waals surface area contributed by atoms with Gasteiger partial charge in [0.05, 0.1) is 7.11 Å². The number of rotatable bonds is 5. The third-order valence-corrected chi connectivity index (χ3v) is 3.54. The van der Waals surface area contributed by atoms with E-state index in [1.54, 1.807) is 32.2 Å². The van der Waals surface area contributed by atoms with E-state index in [1.807, 2.05) is 12.1 Å². The molecule has 0 aliphatic rings.